The van der Waals surface area contributed by atoms with Gasteiger partial charge in [0.2, 0.25) is 0 Å². The van der Waals surface area contributed by atoms with E-state index in [1.807, 2.05) is 0 Å². The lowest BCUT2D eigenvalue weighted by Crippen LogP contribution is -2.34. The van der Waals surface area contributed by atoms with Crippen molar-refractivity contribution in [3.8, 4) is 0 Å². The van der Waals surface area contributed by atoms with E-state index in [1.165, 1.54) is 21.0 Å². The second kappa shape index (κ2) is 10.1. The minimum atomic E-state index is -1.12. The van der Waals surface area contributed by atoms with Crippen molar-refractivity contribution >= 4 is 17.9 Å². The smallest absolute Gasteiger partial charge is 0.347 e. The van der Waals surface area contributed by atoms with Crippen LogP contribution in [0.3, 0.4) is 0 Å². The molecule has 21 heavy (non-hydrogen) atoms. The number of carbonyl (C=O) groups excluding carboxylic acids is 3. The van der Waals surface area contributed by atoms with E-state index in [1.54, 1.807) is 6.92 Å². The molecule has 8 heteroatoms. The highest BCUT2D eigenvalue weighted by Gasteiger charge is 2.25. The average Bonchev–Trinajstić information content (AvgIpc) is 2.37. The van der Waals surface area contributed by atoms with Gasteiger partial charge in [-0.15, -0.1) is 0 Å². The highest BCUT2D eigenvalue weighted by atomic mass is 16.6. The Hall–Kier alpha value is -1.67. The SMILES string of the molecule is COCCOC(=O)C(C)OC(=O)C(C)OC(=O)CC(C)N. The molecule has 0 amide bonds. The van der Waals surface area contributed by atoms with Gasteiger partial charge in [0.1, 0.15) is 6.61 Å². The number of nitrogens with two attached hydrogens (primary N) is 1. The lowest BCUT2D eigenvalue weighted by molar-refractivity contribution is -0.177. The maximum Gasteiger partial charge on any atom is 0.347 e. The van der Waals surface area contributed by atoms with E-state index in [0.717, 1.165) is 0 Å². The first kappa shape index (κ1) is 19.3. The molecule has 8 nitrogen and oxygen atoms in total. The minimum Gasteiger partial charge on any atom is -0.461 e. The number of rotatable bonds is 9. The van der Waals surface area contributed by atoms with Crippen LogP contribution in [-0.2, 0) is 33.3 Å². The van der Waals surface area contributed by atoms with E-state index in [9.17, 15) is 14.4 Å². The van der Waals surface area contributed by atoms with Crippen LogP contribution in [0.2, 0.25) is 0 Å². The quantitative estimate of drug-likeness (QED) is 0.353. The van der Waals surface area contributed by atoms with Gasteiger partial charge in [0.15, 0.2) is 12.2 Å². The lowest BCUT2D eigenvalue weighted by atomic mass is 10.2. The molecule has 2 N–H and O–H groups in total. The highest BCUT2D eigenvalue weighted by molar-refractivity contribution is 5.82. The third-order valence-electron chi connectivity index (χ3n) is 2.29. The summed E-state index contributed by atoms with van der Waals surface area (Å²) < 4.78 is 19.2. The molecule has 3 unspecified atom stereocenters. The molecule has 0 aromatic carbocycles. The Balaban J connectivity index is 4.15. The normalized spacial score (nSPS) is 14.7. The highest BCUT2D eigenvalue weighted by Crippen LogP contribution is 2.03. The summed E-state index contributed by atoms with van der Waals surface area (Å²) in [7, 11) is 1.47. The molecule has 0 aromatic heterocycles. The number of ether oxygens (including phenoxy) is 4. The van der Waals surface area contributed by atoms with Crippen molar-refractivity contribution in [1.29, 1.82) is 0 Å². The maximum absolute atomic E-state index is 11.6. The minimum absolute atomic E-state index is 0.00771. The fraction of sp³-hybridized carbons (Fsp3) is 0.769. The van der Waals surface area contributed by atoms with Gasteiger partial charge in [0, 0.05) is 13.2 Å². The molecule has 0 aliphatic carbocycles. The summed E-state index contributed by atoms with van der Waals surface area (Å²) in [5.41, 5.74) is 5.44. The molecule has 0 heterocycles. The molecule has 0 aromatic rings. The van der Waals surface area contributed by atoms with E-state index < -0.39 is 30.1 Å². The molecule has 0 radical (unpaired) electrons. The molecule has 0 spiro atoms. The molecule has 0 aliphatic heterocycles. The Morgan fingerprint density at radius 2 is 1.52 bits per heavy atom. The van der Waals surface area contributed by atoms with Crippen LogP contribution in [0.4, 0.5) is 0 Å². The van der Waals surface area contributed by atoms with E-state index >= 15 is 0 Å². The van der Waals surface area contributed by atoms with E-state index in [0.29, 0.717) is 0 Å². The average molecular weight is 305 g/mol. The molecular weight excluding hydrogens is 282 g/mol. The first-order valence-corrected chi connectivity index (χ1v) is 6.59. The van der Waals surface area contributed by atoms with Gasteiger partial charge in [0.25, 0.3) is 0 Å². The van der Waals surface area contributed by atoms with Crippen LogP contribution in [0.25, 0.3) is 0 Å². The van der Waals surface area contributed by atoms with Crippen molar-refractivity contribution in [2.75, 3.05) is 20.3 Å². The summed E-state index contributed by atoms with van der Waals surface area (Å²) in [5.74, 6) is -2.14. The summed E-state index contributed by atoms with van der Waals surface area (Å²) in [4.78, 5) is 34.5. The van der Waals surface area contributed by atoms with Crippen molar-refractivity contribution in [1.82, 2.24) is 0 Å². The van der Waals surface area contributed by atoms with Gasteiger partial charge in [-0.25, -0.2) is 9.59 Å². The van der Waals surface area contributed by atoms with Gasteiger partial charge >= 0.3 is 17.9 Å². The van der Waals surface area contributed by atoms with Crippen molar-refractivity contribution in [3.63, 3.8) is 0 Å². The predicted molar refractivity (Wildman–Crippen MR) is 72.2 cm³/mol. The van der Waals surface area contributed by atoms with Crippen molar-refractivity contribution in [3.05, 3.63) is 0 Å². The monoisotopic (exact) mass is 305 g/mol. The van der Waals surface area contributed by atoms with Crippen molar-refractivity contribution in [2.24, 2.45) is 5.73 Å². The topological polar surface area (TPSA) is 114 Å². The predicted octanol–water partition coefficient (Wildman–Crippen LogP) is -0.223. The van der Waals surface area contributed by atoms with Crippen LogP contribution in [-0.4, -0.2) is 56.5 Å². The van der Waals surface area contributed by atoms with Gasteiger partial charge < -0.3 is 24.7 Å². The largest absolute Gasteiger partial charge is 0.461 e. The second-order valence-corrected chi connectivity index (χ2v) is 4.55. The molecule has 122 valence electrons. The molecule has 0 aliphatic rings. The van der Waals surface area contributed by atoms with Gasteiger partial charge in [0.05, 0.1) is 13.0 Å². The van der Waals surface area contributed by atoms with Crippen LogP contribution >= 0.6 is 0 Å². The number of esters is 3. The van der Waals surface area contributed by atoms with Crippen LogP contribution in [0.5, 0.6) is 0 Å². The van der Waals surface area contributed by atoms with Gasteiger partial charge in [-0.2, -0.15) is 0 Å². The molecule has 0 bridgehead atoms. The molecular formula is C13H23NO7. The zero-order chi connectivity index (χ0) is 16.4. The Morgan fingerprint density at radius 3 is 2.05 bits per heavy atom. The summed E-state index contributed by atoms with van der Waals surface area (Å²) in [6.07, 6.45) is -2.22. The Bertz CT molecular complexity index is 356. The summed E-state index contributed by atoms with van der Waals surface area (Å²) in [5, 5.41) is 0. The summed E-state index contributed by atoms with van der Waals surface area (Å²) in [6.45, 7) is 4.67. The van der Waals surface area contributed by atoms with Crippen LogP contribution in [0, 0.1) is 0 Å². The fourth-order valence-corrected chi connectivity index (χ4v) is 1.22. The zero-order valence-electron chi connectivity index (χ0n) is 12.8. The Kier molecular flexibility index (Phi) is 9.31. The molecule has 3 atom stereocenters. The first-order valence-electron chi connectivity index (χ1n) is 6.59. The number of hydrogen-bond acceptors (Lipinski definition) is 8. The standard InChI is InChI=1S/C13H23NO7/c1-8(14)7-11(15)20-10(3)13(17)21-9(2)12(16)19-6-5-18-4/h8-10H,5-7,14H2,1-4H3. The van der Waals surface area contributed by atoms with Crippen LogP contribution < -0.4 is 5.73 Å². The van der Waals surface area contributed by atoms with Gasteiger partial charge in [-0.1, -0.05) is 0 Å². The third-order valence-corrected chi connectivity index (χ3v) is 2.29. The van der Waals surface area contributed by atoms with Gasteiger partial charge in [-0.05, 0) is 20.8 Å². The lowest BCUT2D eigenvalue weighted by Gasteiger charge is -2.16. The Labute approximate surface area is 123 Å². The van der Waals surface area contributed by atoms with Crippen molar-refractivity contribution in [2.45, 2.75) is 45.4 Å². The summed E-state index contributed by atoms with van der Waals surface area (Å²) in [6, 6.07) is -0.365. The fourth-order valence-electron chi connectivity index (χ4n) is 1.22. The van der Waals surface area contributed by atoms with Crippen LogP contribution in [0.1, 0.15) is 27.2 Å². The van der Waals surface area contributed by atoms with E-state index in [-0.39, 0.29) is 25.7 Å². The number of hydrogen-bond donors (Lipinski definition) is 1. The third kappa shape index (κ3) is 8.98. The van der Waals surface area contributed by atoms with E-state index in [2.05, 4.69) is 0 Å². The Morgan fingerprint density at radius 1 is 0.952 bits per heavy atom. The van der Waals surface area contributed by atoms with Crippen LogP contribution in [0.15, 0.2) is 0 Å². The zero-order valence-corrected chi connectivity index (χ0v) is 12.8. The second-order valence-electron chi connectivity index (χ2n) is 4.55. The van der Waals surface area contributed by atoms with E-state index in [4.69, 9.17) is 24.7 Å². The van der Waals surface area contributed by atoms with Gasteiger partial charge in [-0.3, -0.25) is 4.79 Å². The molecule has 0 saturated carbocycles. The molecule has 0 saturated heterocycles. The maximum atomic E-state index is 11.6. The summed E-state index contributed by atoms with van der Waals surface area (Å²) >= 11 is 0. The molecule has 0 fully saturated rings. The molecule has 0 rings (SSSR count). The number of carbonyl (C=O) groups is 3. The number of methoxy groups -OCH3 is 1. The van der Waals surface area contributed by atoms with Crippen molar-refractivity contribution < 1.29 is 33.3 Å². The first-order chi connectivity index (χ1) is 9.77.